The lowest BCUT2D eigenvalue weighted by Crippen LogP contribution is -2.37. The van der Waals surface area contributed by atoms with Crippen molar-refractivity contribution in [2.24, 2.45) is 0 Å². The molecule has 0 aliphatic carbocycles. The predicted octanol–water partition coefficient (Wildman–Crippen LogP) is 3.07. The Hall–Kier alpha value is -1.67. The van der Waals surface area contributed by atoms with E-state index in [1.165, 1.54) is 0 Å². The van der Waals surface area contributed by atoms with Crippen LogP contribution in [0.5, 0.6) is 0 Å². The fourth-order valence-corrected chi connectivity index (χ4v) is 2.56. The minimum atomic E-state index is -0.526. The molecule has 0 heterocycles. The van der Waals surface area contributed by atoms with Gasteiger partial charge in [0.1, 0.15) is 16.8 Å². The highest BCUT2D eigenvalue weighted by Gasteiger charge is 2.20. The van der Waals surface area contributed by atoms with Crippen molar-refractivity contribution in [3.63, 3.8) is 0 Å². The summed E-state index contributed by atoms with van der Waals surface area (Å²) in [6.45, 7) is 19.2. The summed E-state index contributed by atoms with van der Waals surface area (Å²) in [5, 5.41) is 3.21. The van der Waals surface area contributed by atoms with E-state index in [2.05, 4.69) is 5.32 Å². The Kier molecular flexibility index (Phi) is 12.3. The maximum atomic E-state index is 12.0. The van der Waals surface area contributed by atoms with Crippen molar-refractivity contribution in [1.82, 2.24) is 10.2 Å². The molecule has 1 N–H and O–H groups in total. The number of nitrogens with one attached hydrogen (secondary N) is 1. The molecule has 0 amide bonds. The van der Waals surface area contributed by atoms with Gasteiger partial charge in [-0.3, -0.25) is 14.4 Å². The molecule has 0 rings (SSSR count). The first-order chi connectivity index (χ1) is 14.0. The molecular formula is C23H44N2O6. The Bertz CT molecular complexity index is 538. The number of hydrogen-bond donors (Lipinski definition) is 1. The van der Waals surface area contributed by atoms with Crippen LogP contribution in [0, 0.1) is 0 Å². The van der Waals surface area contributed by atoms with E-state index < -0.39 is 16.8 Å². The van der Waals surface area contributed by atoms with Crippen LogP contribution in [0.15, 0.2) is 0 Å². The number of carbonyl (C=O) groups is 3. The van der Waals surface area contributed by atoms with Crippen molar-refractivity contribution in [2.75, 3.05) is 32.7 Å². The molecule has 0 aromatic carbocycles. The molecule has 0 aromatic rings. The van der Waals surface area contributed by atoms with Crippen LogP contribution in [-0.4, -0.2) is 72.3 Å². The van der Waals surface area contributed by atoms with Crippen LogP contribution in [0.2, 0.25) is 0 Å². The number of ether oxygens (including phenoxy) is 3. The first-order valence-electron chi connectivity index (χ1n) is 11.1. The van der Waals surface area contributed by atoms with E-state index in [9.17, 15) is 14.4 Å². The Labute approximate surface area is 188 Å². The van der Waals surface area contributed by atoms with Gasteiger partial charge >= 0.3 is 17.9 Å². The van der Waals surface area contributed by atoms with Gasteiger partial charge < -0.3 is 24.4 Å². The van der Waals surface area contributed by atoms with E-state index >= 15 is 0 Å². The molecule has 0 aromatic heterocycles. The van der Waals surface area contributed by atoms with Gasteiger partial charge in [-0.25, -0.2) is 0 Å². The van der Waals surface area contributed by atoms with E-state index in [0.29, 0.717) is 32.7 Å². The molecule has 0 fully saturated rings. The first kappa shape index (κ1) is 29.3. The highest BCUT2D eigenvalue weighted by atomic mass is 16.6. The zero-order valence-electron chi connectivity index (χ0n) is 21.1. The normalized spacial score (nSPS) is 12.6. The van der Waals surface area contributed by atoms with Gasteiger partial charge in [0.25, 0.3) is 0 Å². The van der Waals surface area contributed by atoms with Crippen LogP contribution in [0.3, 0.4) is 0 Å². The van der Waals surface area contributed by atoms with Crippen LogP contribution in [0.25, 0.3) is 0 Å². The lowest BCUT2D eigenvalue weighted by molar-refractivity contribution is -0.156. The van der Waals surface area contributed by atoms with Gasteiger partial charge in [0, 0.05) is 32.7 Å². The summed E-state index contributed by atoms with van der Waals surface area (Å²) >= 11 is 0. The van der Waals surface area contributed by atoms with E-state index in [1.807, 2.05) is 67.2 Å². The van der Waals surface area contributed by atoms with E-state index in [-0.39, 0.29) is 37.2 Å². The van der Waals surface area contributed by atoms with Crippen LogP contribution in [0.4, 0.5) is 0 Å². The van der Waals surface area contributed by atoms with Gasteiger partial charge in [0.15, 0.2) is 0 Å². The third-order valence-corrected chi connectivity index (χ3v) is 3.64. The SMILES string of the molecule is CC(C)(C)OC(=O)CCNCCN(CCC(=O)OC(C)(C)C)CCC(=O)OC(C)(C)C. The van der Waals surface area contributed by atoms with Gasteiger partial charge in [-0.2, -0.15) is 0 Å². The number of hydrogen-bond acceptors (Lipinski definition) is 8. The fourth-order valence-electron chi connectivity index (χ4n) is 2.56. The molecule has 0 aliphatic rings. The molecule has 31 heavy (non-hydrogen) atoms. The van der Waals surface area contributed by atoms with Crippen LogP contribution in [-0.2, 0) is 28.6 Å². The Balaban J connectivity index is 4.50. The summed E-state index contributed by atoms with van der Waals surface area (Å²) in [5.74, 6) is -0.785. The molecule has 0 saturated heterocycles. The van der Waals surface area contributed by atoms with E-state index in [0.717, 1.165) is 0 Å². The summed E-state index contributed by atoms with van der Waals surface area (Å²) in [6.07, 6.45) is 0.764. The van der Waals surface area contributed by atoms with E-state index in [1.54, 1.807) is 0 Å². The molecule has 0 spiro atoms. The maximum absolute atomic E-state index is 12.0. The summed E-state index contributed by atoms with van der Waals surface area (Å²) in [4.78, 5) is 37.9. The molecule has 0 bridgehead atoms. The maximum Gasteiger partial charge on any atom is 0.307 e. The smallest absolute Gasteiger partial charge is 0.307 e. The zero-order chi connectivity index (χ0) is 24.3. The van der Waals surface area contributed by atoms with Crippen LogP contribution in [0.1, 0.15) is 81.6 Å². The van der Waals surface area contributed by atoms with Crippen molar-refractivity contribution < 1.29 is 28.6 Å². The number of carbonyl (C=O) groups excluding carboxylic acids is 3. The minimum Gasteiger partial charge on any atom is -0.460 e. The summed E-state index contributed by atoms with van der Waals surface area (Å²) in [7, 11) is 0. The average molecular weight is 445 g/mol. The van der Waals surface area contributed by atoms with Crippen LogP contribution < -0.4 is 5.32 Å². The summed E-state index contributed by atoms with van der Waals surface area (Å²) in [6, 6.07) is 0. The van der Waals surface area contributed by atoms with Crippen molar-refractivity contribution in [2.45, 2.75) is 98.4 Å². The number of esters is 3. The second kappa shape index (κ2) is 13.0. The number of rotatable bonds is 12. The fraction of sp³-hybridized carbons (Fsp3) is 0.870. The average Bonchev–Trinajstić information content (AvgIpc) is 2.51. The van der Waals surface area contributed by atoms with Crippen molar-refractivity contribution in [3.8, 4) is 0 Å². The second-order valence-corrected chi connectivity index (χ2v) is 10.6. The molecule has 0 atom stereocenters. The first-order valence-corrected chi connectivity index (χ1v) is 11.1. The molecule has 182 valence electrons. The van der Waals surface area contributed by atoms with Gasteiger partial charge in [-0.05, 0) is 62.3 Å². The molecule has 0 radical (unpaired) electrons. The molecule has 8 heteroatoms. The van der Waals surface area contributed by atoms with Gasteiger partial charge in [-0.1, -0.05) is 0 Å². The third kappa shape index (κ3) is 20.0. The molecule has 0 unspecified atom stereocenters. The highest BCUT2D eigenvalue weighted by Crippen LogP contribution is 2.11. The standard InChI is InChI=1S/C23H44N2O6/c1-21(2,3)29-18(26)10-13-24-14-17-25(15-11-19(27)30-22(4,5)6)16-12-20(28)31-23(7,8)9/h24H,10-17H2,1-9H3. The summed E-state index contributed by atoms with van der Waals surface area (Å²) < 4.78 is 16.0. The topological polar surface area (TPSA) is 94.2 Å². The lowest BCUT2D eigenvalue weighted by Gasteiger charge is -2.25. The highest BCUT2D eigenvalue weighted by molar-refractivity contribution is 5.71. The minimum absolute atomic E-state index is 0.240. The summed E-state index contributed by atoms with van der Waals surface area (Å²) in [5.41, 5.74) is -1.54. The van der Waals surface area contributed by atoms with Gasteiger partial charge in [0.2, 0.25) is 0 Å². The van der Waals surface area contributed by atoms with Gasteiger partial charge in [-0.15, -0.1) is 0 Å². The largest absolute Gasteiger partial charge is 0.460 e. The second-order valence-electron chi connectivity index (χ2n) is 10.6. The van der Waals surface area contributed by atoms with E-state index in [4.69, 9.17) is 14.2 Å². The van der Waals surface area contributed by atoms with Crippen LogP contribution >= 0.6 is 0 Å². The quantitative estimate of drug-likeness (QED) is 0.279. The monoisotopic (exact) mass is 444 g/mol. The third-order valence-electron chi connectivity index (χ3n) is 3.64. The van der Waals surface area contributed by atoms with Crippen molar-refractivity contribution >= 4 is 17.9 Å². The molecular weight excluding hydrogens is 400 g/mol. The molecule has 0 aliphatic heterocycles. The Morgan fingerprint density at radius 1 is 0.581 bits per heavy atom. The zero-order valence-corrected chi connectivity index (χ0v) is 21.1. The van der Waals surface area contributed by atoms with Crippen molar-refractivity contribution in [1.29, 1.82) is 0 Å². The predicted molar refractivity (Wildman–Crippen MR) is 121 cm³/mol. The lowest BCUT2D eigenvalue weighted by atomic mass is 10.2. The Morgan fingerprint density at radius 2 is 0.935 bits per heavy atom. The Morgan fingerprint density at radius 3 is 1.29 bits per heavy atom. The number of nitrogens with zero attached hydrogens (tertiary/aromatic N) is 1. The van der Waals surface area contributed by atoms with Gasteiger partial charge in [0.05, 0.1) is 19.3 Å². The van der Waals surface area contributed by atoms with Crippen molar-refractivity contribution in [3.05, 3.63) is 0 Å². The molecule has 8 nitrogen and oxygen atoms in total. The molecule has 0 saturated carbocycles.